The van der Waals surface area contributed by atoms with E-state index in [-0.39, 0.29) is 24.8 Å². The summed E-state index contributed by atoms with van der Waals surface area (Å²) in [5.41, 5.74) is 5.51. The van der Waals surface area contributed by atoms with Gasteiger partial charge in [-0.1, -0.05) is 20.3 Å². The summed E-state index contributed by atoms with van der Waals surface area (Å²) < 4.78 is 0. The van der Waals surface area contributed by atoms with Gasteiger partial charge in [0.2, 0.25) is 5.95 Å². The molecule has 1 heterocycles. The van der Waals surface area contributed by atoms with Crippen LogP contribution in [-0.4, -0.2) is 41.0 Å². The number of nitrogen functional groups attached to an aromatic ring is 1. The zero-order valence-electron chi connectivity index (χ0n) is 12.3. The average molecular weight is 324 g/mol. The highest BCUT2D eigenvalue weighted by Gasteiger charge is 1.98. The highest BCUT2D eigenvalue weighted by atomic mass is 35.5. The van der Waals surface area contributed by atoms with Crippen molar-refractivity contribution < 1.29 is 0 Å². The molecule has 0 radical (unpaired) electrons. The fourth-order valence-electron chi connectivity index (χ4n) is 1.87. The monoisotopic (exact) mass is 323 g/mol. The third kappa shape index (κ3) is 9.18. The minimum atomic E-state index is 0. The van der Waals surface area contributed by atoms with Crippen LogP contribution in [-0.2, 0) is 0 Å². The predicted molar refractivity (Wildman–Crippen MR) is 91.1 cm³/mol. The van der Waals surface area contributed by atoms with Gasteiger partial charge in [-0.15, -0.1) is 24.8 Å². The van der Waals surface area contributed by atoms with Gasteiger partial charge in [0.05, 0.1) is 0 Å². The van der Waals surface area contributed by atoms with Gasteiger partial charge in [0.1, 0.15) is 5.82 Å². The lowest BCUT2D eigenvalue weighted by Crippen LogP contribution is -2.23. The molecule has 0 aliphatic heterocycles. The Morgan fingerprint density at radius 3 is 2.45 bits per heavy atom. The SMILES string of the molecule is CCN(CC)CCCCCNc1ccnc(N)n1.Cl.Cl. The van der Waals surface area contributed by atoms with Crippen LogP contribution in [0, 0.1) is 0 Å². The van der Waals surface area contributed by atoms with Gasteiger partial charge < -0.3 is 16.0 Å². The number of hydrogen-bond acceptors (Lipinski definition) is 5. The molecule has 0 fully saturated rings. The average Bonchev–Trinajstić information content (AvgIpc) is 2.38. The van der Waals surface area contributed by atoms with Gasteiger partial charge in [-0.2, -0.15) is 4.98 Å². The van der Waals surface area contributed by atoms with E-state index in [1.165, 1.54) is 19.4 Å². The maximum Gasteiger partial charge on any atom is 0.221 e. The van der Waals surface area contributed by atoms with Crippen molar-refractivity contribution in [2.24, 2.45) is 0 Å². The van der Waals surface area contributed by atoms with Crippen LogP contribution in [0.25, 0.3) is 0 Å². The van der Waals surface area contributed by atoms with E-state index in [0.29, 0.717) is 5.95 Å². The lowest BCUT2D eigenvalue weighted by atomic mass is 10.2. The second-order valence-corrected chi connectivity index (χ2v) is 4.31. The number of hydrogen-bond donors (Lipinski definition) is 2. The van der Waals surface area contributed by atoms with Crippen LogP contribution in [0.5, 0.6) is 0 Å². The summed E-state index contributed by atoms with van der Waals surface area (Å²) in [6.45, 7) is 8.86. The van der Waals surface area contributed by atoms with Crippen LogP contribution < -0.4 is 11.1 Å². The van der Waals surface area contributed by atoms with E-state index >= 15 is 0 Å². The molecular weight excluding hydrogens is 297 g/mol. The van der Waals surface area contributed by atoms with Crippen LogP contribution in [0.3, 0.4) is 0 Å². The molecule has 0 atom stereocenters. The third-order valence-corrected chi connectivity index (χ3v) is 3.03. The van der Waals surface area contributed by atoms with Gasteiger partial charge in [-0.25, -0.2) is 4.98 Å². The number of unbranched alkanes of at least 4 members (excludes halogenated alkanes) is 2. The molecule has 0 aromatic carbocycles. The Labute approximate surface area is 134 Å². The van der Waals surface area contributed by atoms with Crippen LogP contribution in [0.15, 0.2) is 12.3 Å². The zero-order valence-corrected chi connectivity index (χ0v) is 14.0. The van der Waals surface area contributed by atoms with Gasteiger partial charge >= 0.3 is 0 Å². The van der Waals surface area contributed by atoms with Crippen molar-refractivity contribution in [1.29, 1.82) is 0 Å². The summed E-state index contributed by atoms with van der Waals surface area (Å²) in [6, 6.07) is 1.84. The molecule has 0 bridgehead atoms. The summed E-state index contributed by atoms with van der Waals surface area (Å²) in [4.78, 5) is 10.4. The van der Waals surface area contributed by atoms with Crippen LogP contribution in [0.4, 0.5) is 11.8 Å². The number of nitrogens with zero attached hydrogens (tertiary/aromatic N) is 3. The third-order valence-electron chi connectivity index (χ3n) is 3.03. The van der Waals surface area contributed by atoms with Crippen molar-refractivity contribution in [2.75, 3.05) is 37.2 Å². The molecule has 1 aromatic heterocycles. The molecule has 0 unspecified atom stereocenters. The smallest absolute Gasteiger partial charge is 0.221 e. The maximum atomic E-state index is 5.51. The summed E-state index contributed by atoms with van der Waals surface area (Å²) in [7, 11) is 0. The predicted octanol–water partition coefficient (Wildman–Crippen LogP) is 2.83. The Balaban J connectivity index is 0. The molecule has 0 spiro atoms. The number of halogens is 2. The fourth-order valence-corrected chi connectivity index (χ4v) is 1.87. The van der Waals surface area contributed by atoms with E-state index < -0.39 is 0 Å². The first-order chi connectivity index (χ1) is 8.76. The van der Waals surface area contributed by atoms with Gasteiger partial charge in [0, 0.05) is 12.7 Å². The molecule has 118 valence electrons. The molecule has 0 aliphatic rings. The van der Waals surface area contributed by atoms with Crippen molar-refractivity contribution in [3.63, 3.8) is 0 Å². The lowest BCUT2D eigenvalue weighted by molar-refractivity contribution is 0.296. The standard InChI is InChI=1S/C13H25N5.2ClH/c1-3-18(4-2)11-7-5-6-9-15-12-8-10-16-13(14)17-12;;/h8,10H,3-7,9,11H2,1-2H3,(H3,14,15,16,17);2*1H. The maximum absolute atomic E-state index is 5.51. The lowest BCUT2D eigenvalue weighted by Gasteiger charge is -2.17. The molecular formula is C13H27Cl2N5. The molecule has 20 heavy (non-hydrogen) atoms. The zero-order chi connectivity index (χ0) is 13.2. The number of aromatic nitrogens is 2. The van der Waals surface area contributed by atoms with Gasteiger partial charge in [0.15, 0.2) is 0 Å². The first-order valence-corrected chi connectivity index (χ1v) is 6.81. The fraction of sp³-hybridized carbons (Fsp3) is 0.692. The second kappa shape index (κ2) is 13.2. The van der Waals surface area contributed by atoms with E-state index in [1.54, 1.807) is 6.20 Å². The molecule has 5 nitrogen and oxygen atoms in total. The largest absolute Gasteiger partial charge is 0.370 e. The van der Waals surface area contributed by atoms with Crippen molar-refractivity contribution in [1.82, 2.24) is 14.9 Å². The Bertz CT molecular complexity index is 334. The van der Waals surface area contributed by atoms with Gasteiger partial charge in [-0.3, -0.25) is 0 Å². The molecule has 0 saturated carbocycles. The number of anilines is 2. The van der Waals surface area contributed by atoms with Crippen LogP contribution >= 0.6 is 24.8 Å². The number of nitrogens with one attached hydrogen (secondary N) is 1. The molecule has 3 N–H and O–H groups in total. The van der Waals surface area contributed by atoms with E-state index in [0.717, 1.165) is 31.9 Å². The van der Waals surface area contributed by atoms with Crippen molar-refractivity contribution in [3.05, 3.63) is 12.3 Å². The van der Waals surface area contributed by atoms with E-state index in [4.69, 9.17) is 5.73 Å². The number of nitrogens with two attached hydrogens (primary N) is 1. The van der Waals surface area contributed by atoms with Gasteiger partial charge in [0.25, 0.3) is 0 Å². The Morgan fingerprint density at radius 1 is 1.15 bits per heavy atom. The molecule has 7 heteroatoms. The first kappa shape index (κ1) is 21.5. The van der Waals surface area contributed by atoms with Crippen molar-refractivity contribution >= 4 is 36.6 Å². The van der Waals surface area contributed by atoms with E-state index in [1.807, 2.05) is 6.07 Å². The Morgan fingerprint density at radius 2 is 1.85 bits per heavy atom. The summed E-state index contributed by atoms with van der Waals surface area (Å²) >= 11 is 0. The van der Waals surface area contributed by atoms with Crippen molar-refractivity contribution in [3.8, 4) is 0 Å². The minimum Gasteiger partial charge on any atom is -0.370 e. The highest BCUT2D eigenvalue weighted by molar-refractivity contribution is 5.85. The molecule has 0 amide bonds. The minimum absolute atomic E-state index is 0. The van der Waals surface area contributed by atoms with E-state index in [9.17, 15) is 0 Å². The number of rotatable bonds is 9. The molecule has 0 saturated heterocycles. The molecule has 1 aromatic rings. The highest BCUT2D eigenvalue weighted by Crippen LogP contribution is 2.04. The Kier molecular flexibility index (Phi) is 14.2. The van der Waals surface area contributed by atoms with Crippen LogP contribution in [0.1, 0.15) is 33.1 Å². The summed E-state index contributed by atoms with van der Waals surface area (Å²) in [6.07, 6.45) is 5.33. The Hall–Kier alpha value is -0.780. The van der Waals surface area contributed by atoms with Crippen LogP contribution in [0.2, 0.25) is 0 Å². The van der Waals surface area contributed by atoms with Crippen molar-refractivity contribution in [2.45, 2.75) is 33.1 Å². The molecule has 0 aliphatic carbocycles. The molecule has 1 rings (SSSR count). The normalized spacial score (nSPS) is 9.75. The topological polar surface area (TPSA) is 67.1 Å². The van der Waals surface area contributed by atoms with Gasteiger partial charge in [-0.05, 0) is 38.5 Å². The summed E-state index contributed by atoms with van der Waals surface area (Å²) in [5.74, 6) is 1.13. The summed E-state index contributed by atoms with van der Waals surface area (Å²) in [5, 5.41) is 3.26. The second-order valence-electron chi connectivity index (χ2n) is 4.31. The quantitative estimate of drug-likeness (QED) is 0.684. The van der Waals surface area contributed by atoms with E-state index in [2.05, 4.69) is 34.0 Å². The first-order valence-electron chi connectivity index (χ1n) is 6.81.